The monoisotopic (exact) mass is 260 g/mol. The molecule has 1 aliphatic heterocycles. The zero-order valence-corrected chi connectivity index (χ0v) is 11.9. The second kappa shape index (κ2) is 6.20. The zero-order chi connectivity index (χ0) is 13.7. The van der Waals surface area contributed by atoms with E-state index in [1.807, 2.05) is 6.07 Å². The second-order valence-corrected chi connectivity index (χ2v) is 6.01. The maximum atomic E-state index is 12.1. The summed E-state index contributed by atoms with van der Waals surface area (Å²) in [6.07, 6.45) is 4.00. The molecule has 0 aromatic heterocycles. The largest absolute Gasteiger partial charge is 0.350 e. The minimum Gasteiger partial charge on any atom is -0.350 e. The molecule has 1 aromatic carbocycles. The van der Waals surface area contributed by atoms with Gasteiger partial charge in [-0.1, -0.05) is 30.3 Å². The molecule has 0 bridgehead atoms. The molecular formula is C16H24N2O. The lowest BCUT2D eigenvalue weighted by molar-refractivity contribution is -0.124. The molecule has 3 nitrogen and oxygen atoms in total. The van der Waals surface area contributed by atoms with Crippen molar-refractivity contribution in [2.45, 2.75) is 51.1 Å². The zero-order valence-electron chi connectivity index (χ0n) is 11.9. The van der Waals surface area contributed by atoms with Crippen molar-refractivity contribution in [1.29, 1.82) is 0 Å². The van der Waals surface area contributed by atoms with E-state index in [0.29, 0.717) is 0 Å². The molecule has 0 radical (unpaired) electrons. The number of rotatable bonds is 5. The molecule has 1 aromatic rings. The first-order valence-corrected chi connectivity index (χ1v) is 7.16. The molecule has 1 aliphatic rings. The fourth-order valence-corrected chi connectivity index (χ4v) is 2.49. The van der Waals surface area contributed by atoms with E-state index >= 15 is 0 Å². The molecule has 1 heterocycles. The van der Waals surface area contributed by atoms with Crippen LogP contribution in [0.1, 0.15) is 38.7 Å². The highest BCUT2D eigenvalue weighted by atomic mass is 16.2. The lowest BCUT2D eigenvalue weighted by atomic mass is 9.94. The van der Waals surface area contributed by atoms with Gasteiger partial charge in [0.1, 0.15) is 0 Å². The van der Waals surface area contributed by atoms with Gasteiger partial charge in [-0.2, -0.15) is 0 Å². The Hall–Kier alpha value is -1.35. The van der Waals surface area contributed by atoms with Crippen molar-refractivity contribution < 1.29 is 4.79 Å². The number of benzene rings is 1. The van der Waals surface area contributed by atoms with E-state index in [2.05, 4.69) is 48.7 Å². The molecule has 1 atom stereocenters. The summed E-state index contributed by atoms with van der Waals surface area (Å²) in [4.78, 5) is 12.1. The summed E-state index contributed by atoms with van der Waals surface area (Å²) >= 11 is 0. The molecule has 1 fully saturated rings. The van der Waals surface area contributed by atoms with Gasteiger partial charge in [-0.15, -0.1) is 0 Å². The van der Waals surface area contributed by atoms with E-state index in [1.165, 1.54) is 5.56 Å². The molecule has 0 saturated carbocycles. The predicted molar refractivity (Wildman–Crippen MR) is 78.0 cm³/mol. The molecule has 19 heavy (non-hydrogen) atoms. The fourth-order valence-electron chi connectivity index (χ4n) is 2.49. The van der Waals surface area contributed by atoms with Gasteiger partial charge in [0.05, 0.1) is 6.04 Å². The van der Waals surface area contributed by atoms with E-state index in [0.717, 1.165) is 32.2 Å². The third-order valence-electron chi connectivity index (χ3n) is 3.72. The Morgan fingerprint density at radius 2 is 2.11 bits per heavy atom. The van der Waals surface area contributed by atoms with Crippen LogP contribution in [0.25, 0.3) is 0 Å². The second-order valence-electron chi connectivity index (χ2n) is 6.01. The Bertz CT molecular complexity index is 408. The van der Waals surface area contributed by atoms with Crippen LogP contribution >= 0.6 is 0 Å². The number of hydrogen-bond donors (Lipinski definition) is 2. The molecule has 104 valence electrons. The minimum absolute atomic E-state index is 0.0102. The van der Waals surface area contributed by atoms with Crippen LogP contribution < -0.4 is 10.6 Å². The van der Waals surface area contributed by atoms with Gasteiger partial charge in [0, 0.05) is 5.54 Å². The third kappa shape index (κ3) is 4.35. The molecule has 0 unspecified atom stereocenters. The SMILES string of the molecule is CC(C)(CCc1ccccc1)NC(=O)[C@H]1CCCN1. The molecule has 2 rings (SSSR count). The first-order chi connectivity index (χ1) is 9.07. The van der Waals surface area contributed by atoms with Crippen molar-refractivity contribution >= 4 is 5.91 Å². The first kappa shape index (κ1) is 14.1. The molecule has 1 amide bonds. The summed E-state index contributed by atoms with van der Waals surface area (Å²) in [5.41, 5.74) is 1.17. The normalized spacial score (nSPS) is 19.4. The van der Waals surface area contributed by atoms with Crippen molar-refractivity contribution in [2.75, 3.05) is 6.54 Å². The highest BCUT2D eigenvalue weighted by Gasteiger charge is 2.27. The number of carbonyl (C=O) groups is 1. The quantitative estimate of drug-likeness (QED) is 0.852. The van der Waals surface area contributed by atoms with Crippen LogP contribution in [0.4, 0.5) is 0 Å². The molecule has 1 saturated heterocycles. The van der Waals surface area contributed by atoms with Crippen LogP contribution in [0.5, 0.6) is 0 Å². The number of nitrogens with one attached hydrogen (secondary N) is 2. The highest BCUT2D eigenvalue weighted by Crippen LogP contribution is 2.15. The maximum Gasteiger partial charge on any atom is 0.237 e. The summed E-state index contributed by atoms with van der Waals surface area (Å²) in [6.45, 7) is 5.16. The molecule has 3 heteroatoms. The van der Waals surface area contributed by atoms with Crippen LogP contribution in [0.2, 0.25) is 0 Å². The van der Waals surface area contributed by atoms with Crippen molar-refractivity contribution in [3.63, 3.8) is 0 Å². The smallest absolute Gasteiger partial charge is 0.237 e. The fraction of sp³-hybridized carbons (Fsp3) is 0.562. The van der Waals surface area contributed by atoms with Crippen LogP contribution in [0.15, 0.2) is 30.3 Å². The Morgan fingerprint density at radius 1 is 1.37 bits per heavy atom. The van der Waals surface area contributed by atoms with Gasteiger partial charge in [0.25, 0.3) is 0 Å². The Morgan fingerprint density at radius 3 is 2.74 bits per heavy atom. The average Bonchev–Trinajstić information content (AvgIpc) is 2.91. The lowest BCUT2D eigenvalue weighted by Gasteiger charge is -2.28. The van der Waals surface area contributed by atoms with E-state index in [1.54, 1.807) is 0 Å². The maximum absolute atomic E-state index is 12.1. The van der Waals surface area contributed by atoms with Gasteiger partial charge in [-0.05, 0) is 51.6 Å². The summed E-state index contributed by atoms with van der Waals surface area (Å²) in [5, 5.41) is 6.41. The first-order valence-electron chi connectivity index (χ1n) is 7.16. The average molecular weight is 260 g/mol. The van der Waals surface area contributed by atoms with Crippen molar-refractivity contribution in [3.8, 4) is 0 Å². The van der Waals surface area contributed by atoms with Crippen molar-refractivity contribution in [1.82, 2.24) is 10.6 Å². The number of amides is 1. The summed E-state index contributed by atoms with van der Waals surface area (Å²) in [5.74, 6) is 0.149. The van der Waals surface area contributed by atoms with Gasteiger partial charge < -0.3 is 10.6 Å². The van der Waals surface area contributed by atoms with Gasteiger partial charge in [-0.3, -0.25) is 4.79 Å². The van der Waals surface area contributed by atoms with E-state index in [4.69, 9.17) is 0 Å². The molecule has 0 spiro atoms. The standard InChI is InChI=1S/C16H24N2O/c1-16(2,11-10-13-7-4-3-5-8-13)18-15(19)14-9-6-12-17-14/h3-5,7-8,14,17H,6,9-12H2,1-2H3,(H,18,19)/t14-/m1/s1. The Balaban J connectivity index is 1.82. The molecule has 0 aliphatic carbocycles. The van der Waals surface area contributed by atoms with Crippen LogP contribution in [0.3, 0.4) is 0 Å². The lowest BCUT2D eigenvalue weighted by Crippen LogP contribution is -2.50. The Labute approximate surface area is 115 Å². The van der Waals surface area contributed by atoms with Crippen molar-refractivity contribution in [2.24, 2.45) is 0 Å². The highest BCUT2D eigenvalue weighted by molar-refractivity contribution is 5.82. The molecule has 2 N–H and O–H groups in total. The summed E-state index contributed by atoms with van der Waals surface area (Å²) in [7, 11) is 0. The van der Waals surface area contributed by atoms with Crippen LogP contribution in [-0.2, 0) is 11.2 Å². The van der Waals surface area contributed by atoms with Gasteiger partial charge in [0.2, 0.25) is 5.91 Å². The number of hydrogen-bond acceptors (Lipinski definition) is 2. The van der Waals surface area contributed by atoms with Crippen LogP contribution in [0, 0.1) is 0 Å². The van der Waals surface area contributed by atoms with Crippen LogP contribution in [-0.4, -0.2) is 24.0 Å². The minimum atomic E-state index is -0.156. The number of aryl methyl sites for hydroxylation is 1. The topological polar surface area (TPSA) is 41.1 Å². The van der Waals surface area contributed by atoms with Gasteiger partial charge in [0.15, 0.2) is 0 Å². The Kier molecular flexibility index (Phi) is 4.59. The summed E-state index contributed by atoms with van der Waals surface area (Å²) in [6, 6.07) is 10.4. The summed E-state index contributed by atoms with van der Waals surface area (Å²) < 4.78 is 0. The third-order valence-corrected chi connectivity index (χ3v) is 3.72. The predicted octanol–water partition coefficient (Wildman–Crippen LogP) is 2.27. The van der Waals surface area contributed by atoms with Gasteiger partial charge >= 0.3 is 0 Å². The van der Waals surface area contributed by atoms with E-state index in [-0.39, 0.29) is 17.5 Å². The van der Waals surface area contributed by atoms with Crippen molar-refractivity contribution in [3.05, 3.63) is 35.9 Å². The van der Waals surface area contributed by atoms with Gasteiger partial charge in [-0.25, -0.2) is 0 Å². The molecular weight excluding hydrogens is 236 g/mol. The number of carbonyl (C=O) groups excluding carboxylic acids is 1. The van der Waals surface area contributed by atoms with E-state index in [9.17, 15) is 4.79 Å². The van der Waals surface area contributed by atoms with E-state index < -0.39 is 0 Å².